The first-order chi connectivity index (χ1) is 7.78. The van der Waals surface area contributed by atoms with Crippen molar-refractivity contribution in [2.75, 3.05) is 12.5 Å². The summed E-state index contributed by atoms with van der Waals surface area (Å²) in [5.74, 6) is 1.10. The van der Waals surface area contributed by atoms with Crippen LogP contribution in [0.4, 0.5) is 0 Å². The molecule has 88 valence electrons. The van der Waals surface area contributed by atoms with Gasteiger partial charge >= 0.3 is 0 Å². The van der Waals surface area contributed by atoms with Gasteiger partial charge in [-0.05, 0) is 11.1 Å². The molecule has 0 N–H and O–H groups in total. The number of halogens is 2. The van der Waals surface area contributed by atoms with Gasteiger partial charge < -0.3 is 4.74 Å². The first kappa shape index (κ1) is 15.1. The monoisotopic (exact) mass is 258 g/mol. The Hall–Kier alpha value is -0.920. The van der Waals surface area contributed by atoms with Crippen molar-refractivity contribution in [2.45, 2.75) is 5.88 Å². The zero-order valence-corrected chi connectivity index (χ0v) is 10.7. The summed E-state index contributed by atoms with van der Waals surface area (Å²) in [5.41, 5.74) is 2.26. The summed E-state index contributed by atoms with van der Waals surface area (Å²) in [5, 5.41) is 0. The summed E-state index contributed by atoms with van der Waals surface area (Å²) in [4.78, 5) is 0. The molecule has 0 fully saturated rings. The smallest absolute Gasteiger partial charge is 0.101 e. The summed E-state index contributed by atoms with van der Waals surface area (Å²) in [6, 6.07) is 8.01. The minimum Gasteiger partial charge on any atom is -0.501 e. The van der Waals surface area contributed by atoms with E-state index in [9.17, 15) is 0 Å². The van der Waals surface area contributed by atoms with E-state index in [0.29, 0.717) is 18.4 Å². The van der Waals surface area contributed by atoms with Crippen LogP contribution in [0.1, 0.15) is 11.1 Å². The topological polar surface area (TPSA) is 9.23 Å². The largest absolute Gasteiger partial charge is 0.501 e. The van der Waals surface area contributed by atoms with E-state index < -0.39 is 0 Å². The maximum atomic E-state index is 5.62. The summed E-state index contributed by atoms with van der Waals surface area (Å²) in [7, 11) is 0. The van der Waals surface area contributed by atoms with Gasteiger partial charge in [-0.2, -0.15) is 0 Å². The zero-order valence-electron chi connectivity index (χ0n) is 9.16. The highest BCUT2D eigenvalue weighted by molar-refractivity contribution is 6.18. The number of rotatable bonds is 5. The van der Waals surface area contributed by atoms with Crippen molar-refractivity contribution in [3.63, 3.8) is 0 Å². The number of alkyl halides is 2. The fraction of sp³-hybridized carbons (Fsp3) is 0.231. The fourth-order valence-corrected chi connectivity index (χ4v) is 1.19. The summed E-state index contributed by atoms with van der Waals surface area (Å²) >= 11 is 10.8. The average Bonchev–Trinajstić information content (AvgIpc) is 2.37. The molecule has 0 aliphatic heterocycles. The SMILES string of the molecule is C=COCCCl.C=Cc1cccc(CCl)c1. The fourth-order valence-electron chi connectivity index (χ4n) is 0.931. The van der Waals surface area contributed by atoms with Gasteiger partial charge in [0.15, 0.2) is 0 Å². The van der Waals surface area contributed by atoms with Gasteiger partial charge in [0, 0.05) is 5.88 Å². The van der Waals surface area contributed by atoms with Crippen LogP contribution in [0.5, 0.6) is 0 Å². The summed E-state index contributed by atoms with van der Waals surface area (Å²) in [6.45, 7) is 7.54. The second kappa shape index (κ2) is 10.6. The molecule has 1 aromatic carbocycles. The highest BCUT2D eigenvalue weighted by Gasteiger charge is 1.88. The lowest BCUT2D eigenvalue weighted by Crippen LogP contribution is -1.84. The highest BCUT2D eigenvalue weighted by atomic mass is 35.5. The Morgan fingerprint density at radius 3 is 2.44 bits per heavy atom. The Bertz CT molecular complexity index is 311. The molecule has 0 aliphatic carbocycles. The van der Waals surface area contributed by atoms with E-state index in [1.807, 2.05) is 30.3 Å². The second-order valence-electron chi connectivity index (χ2n) is 2.81. The number of hydrogen-bond acceptors (Lipinski definition) is 1. The first-order valence-electron chi connectivity index (χ1n) is 4.84. The maximum Gasteiger partial charge on any atom is 0.101 e. The maximum absolute atomic E-state index is 5.62. The van der Waals surface area contributed by atoms with Crippen molar-refractivity contribution in [2.24, 2.45) is 0 Å². The van der Waals surface area contributed by atoms with Crippen LogP contribution >= 0.6 is 23.2 Å². The third-order valence-corrected chi connectivity index (χ3v) is 2.12. The molecule has 0 radical (unpaired) electrons. The average molecular weight is 259 g/mol. The van der Waals surface area contributed by atoms with Gasteiger partial charge in [-0.15, -0.1) is 23.2 Å². The van der Waals surface area contributed by atoms with E-state index in [2.05, 4.69) is 17.9 Å². The predicted molar refractivity (Wildman–Crippen MR) is 73.0 cm³/mol. The zero-order chi connectivity index (χ0) is 12.2. The third kappa shape index (κ3) is 7.38. The van der Waals surface area contributed by atoms with Crippen LogP contribution in [0.15, 0.2) is 43.7 Å². The lowest BCUT2D eigenvalue weighted by atomic mass is 10.1. The van der Waals surface area contributed by atoms with Gasteiger partial charge in [0.05, 0.1) is 12.1 Å². The van der Waals surface area contributed by atoms with E-state index >= 15 is 0 Å². The molecular weight excluding hydrogens is 243 g/mol. The Kier molecular flexibility index (Phi) is 9.98. The van der Waals surface area contributed by atoms with Gasteiger partial charge in [-0.1, -0.05) is 43.5 Å². The van der Waals surface area contributed by atoms with Crippen LogP contribution in [-0.4, -0.2) is 12.5 Å². The molecule has 0 unspecified atom stereocenters. The minimum absolute atomic E-state index is 0.534. The van der Waals surface area contributed by atoms with Crippen molar-refractivity contribution in [3.8, 4) is 0 Å². The molecule has 0 heterocycles. The molecule has 0 saturated heterocycles. The number of ether oxygens (including phenoxy) is 1. The van der Waals surface area contributed by atoms with Crippen molar-refractivity contribution in [1.82, 2.24) is 0 Å². The molecule has 1 rings (SSSR count). The van der Waals surface area contributed by atoms with Crippen molar-refractivity contribution in [3.05, 3.63) is 54.8 Å². The van der Waals surface area contributed by atoms with E-state index in [0.717, 1.165) is 11.1 Å². The second-order valence-corrected chi connectivity index (χ2v) is 3.45. The van der Waals surface area contributed by atoms with Crippen LogP contribution in [-0.2, 0) is 10.6 Å². The quantitative estimate of drug-likeness (QED) is 0.431. The first-order valence-corrected chi connectivity index (χ1v) is 5.91. The molecular formula is C13H16Cl2O. The number of benzene rings is 1. The molecule has 0 bridgehead atoms. The number of hydrogen-bond donors (Lipinski definition) is 0. The van der Waals surface area contributed by atoms with Crippen molar-refractivity contribution in [1.29, 1.82) is 0 Å². The molecule has 0 aliphatic rings. The lowest BCUT2D eigenvalue weighted by molar-refractivity contribution is 0.273. The van der Waals surface area contributed by atoms with E-state index in [1.54, 1.807) is 0 Å². The van der Waals surface area contributed by atoms with Crippen LogP contribution in [0.3, 0.4) is 0 Å². The standard InChI is InChI=1S/C9H9Cl.C4H7ClO/c1-2-8-4-3-5-9(6-8)7-10;1-2-6-4-3-5/h2-6H,1,7H2;2H,1,3-4H2. The molecule has 0 aromatic heterocycles. The Morgan fingerprint density at radius 1 is 1.25 bits per heavy atom. The van der Waals surface area contributed by atoms with Crippen LogP contribution in [0, 0.1) is 0 Å². The van der Waals surface area contributed by atoms with Crippen LogP contribution < -0.4 is 0 Å². The molecule has 1 aromatic rings. The molecule has 0 spiro atoms. The Labute approximate surface area is 107 Å². The lowest BCUT2D eigenvalue weighted by Gasteiger charge is -1.95. The third-order valence-electron chi connectivity index (χ3n) is 1.65. The van der Waals surface area contributed by atoms with Gasteiger partial charge in [0.1, 0.15) is 6.61 Å². The predicted octanol–water partition coefficient (Wildman–Crippen LogP) is 4.45. The van der Waals surface area contributed by atoms with Gasteiger partial charge in [0.25, 0.3) is 0 Å². The molecule has 0 saturated carbocycles. The van der Waals surface area contributed by atoms with Crippen molar-refractivity contribution < 1.29 is 4.74 Å². The van der Waals surface area contributed by atoms with Gasteiger partial charge in [-0.25, -0.2) is 0 Å². The van der Waals surface area contributed by atoms with E-state index in [1.165, 1.54) is 6.26 Å². The summed E-state index contributed by atoms with van der Waals surface area (Å²) < 4.78 is 4.61. The Morgan fingerprint density at radius 2 is 2.00 bits per heavy atom. The molecule has 16 heavy (non-hydrogen) atoms. The molecule has 0 atom stereocenters. The molecule has 0 amide bonds. The van der Waals surface area contributed by atoms with Gasteiger partial charge in [-0.3, -0.25) is 0 Å². The molecule has 3 heteroatoms. The van der Waals surface area contributed by atoms with Gasteiger partial charge in [0.2, 0.25) is 0 Å². The normalized spacial score (nSPS) is 8.62. The highest BCUT2D eigenvalue weighted by Crippen LogP contribution is 2.07. The summed E-state index contributed by atoms with van der Waals surface area (Å²) in [6.07, 6.45) is 3.19. The minimum atomic E-state index is 0.534. The molecule has 1 nitrogen and oxygen atoms in total. The van der Waals surface area contributed by atoms with E-state index in [-0.39, 0.29) is 0 Å². The Balaban J connectivity index is 0.000000325. The van der Waals surface area contributed by atoms with Crippen LogP contribution in [0.2, 0.25) is 0 Å². The van der Waals surface area contributed by atoms with Crippen molar-refractivity contribution >= 4 is 29.3 Å². The van der Waals surface area contributed by atoms with E-state index in [4.69, 9.17) is 23.2 Å². The van der Waals surface area contributed by atoms with Crippen LogP contribution in [0.25, 0.3) is 6.08 Å².